The lowest BCUT2D eigenvalue weighted by Crippen LogP contribution is -2.22. The van der Waals surface area contributed by atoms with E-state index in [1.54, 1.807) is 0 Å². The molecule has 0 fully saturated rings. The molecule has 0 aromatic carbocycles. The molecule has 0 aliphatic heterocycles. The van der Waals surface area contributed by atoms with E-state index < -0.39 is 0 Å². The van der Waals surface area contributed by atoms with Crippen LogP contribution in [0.4, 0.5) is 0 Å². The maximum Gasteiger partial charge on any atom is 0.308 e. The molecule has 2 atom stereocenters. The van der Waals surface area contributed by atoms with Gasteiger partial charge in [-0.2, -0.15) is 0 Å². The lowest BCUT2D eigenvalue weighted by atomic mass is 9.84. The first kappa shape index (κ1) is 49.2. The van der Waals surface area contributed by atoms with Crippen molar-refractivity contribution in [2.75, 3.05) is 6.61 Å². The van der Waals surface area contributed by atoms with Gasteiger partial charge in [0.05, 0.1) is 12.5 Å². The van der Waals surface area contributed by atoms with E-state index in [-0.39, 0.29) is 11.9 Å². The Hall–Kier alpha value is -0.790. The van der Waals surface area contributed by atoms with Gasteiger partial charge in [0, 0.05) is 0 Å². The number of carbonyl (C=O) groups excluding carboxylic acids is 1. The van der Waals surface area contributed by atoms with E-state index >= 15 is 0 Å². The normalized spacial score (nSPS) is 13.0. The zero-order valence-corrected chi connectivity index (χ0v) is 35.2. The monoisotopic (exact) mass is 703 g/mol. The van der Waals surface area contributed by atoms with Gasteiger partial charge in [0.25, 0.3) is 0 Å². The Bertz CT molecular complexity index is 669. The van der Waals surface area contributed by atoms with E-state index in [0.717, 1.165) is 19.3 Å². The number of esters is 1. The zero-order chi connectivity index (χ0) is 36.4. The van der Waals surface area contributed by atoms with Gasteiger partial charge in [0.1, 0.15) is 0 Å². The summed E-state index contributed by atoms with van der Waals surface area (Å²) in [4.78, 5) is 13.6. The third-order valence-electron chi connectivity index (χ3n) is 11.2. The van der Waals surface area contributed by atoms with Crippen molar-refractivity contribution in [3.63, 3.8) is 0 Å². The number of carbonyl (C=O) groups is 1. The summed E-state index contributed by atoms with van der Waals surface area (Å²) in [5.74, 6) is 0.938. The molecule has 50 heavy (non-hydrogen) atoms. The first-order chi connectivity index (χ1) is 24.7. The van der Waals surface area contributed by atoms with Crippen LogP contribution in [-0.4, -0.2) is 12.6 Å². The van der Waals surface area contributed by atoms with Crippen LogP contribution in [-0.2, 0) is 9.53 Å². The van der Waals surface area contributed by atoms with Crippen LogP contribution in [0.1, 0.15) is 272 Å². The molecule has 298 valence electrons. The van der Waals surface area contributed by atoms with E-state index in [2.05, 4.69) is 39.8 Å². The third-order valence-corrected chi connectivity index (χ3v) is 11.2. The van der Waals surface area contributed by atoms with E-state index in [4.69, 9.17) is 4.74 Å². The summed E-state index contributed by atoms with van der Waals surface area (Å²) in [7, 11) is 0. The minimum Gasteiger partial charge on any atom is -0.465 e. The second-order valence-corrected chi connectivity index (χ2v) is 16.3. The lowest BCUT2D eigenvalue weighted by molar-refractivity contribution is -0.149. The second-order valence-electron chi connectivity index (χ2n) is 16.3. The maximum atomic E-state index is 13.6. The summed E-state index contributed by atoms with van der Waals surface area (Å²) in [6.45, 7) is 9.83. The summed E-state index contributed by atoms with van der Waals surface area (Å²) >= 11 is 0. The molecule has 0 aromatic heterocycles. The topological polar surface area (TPSA) is 26.3 Å². The number of allylic oxidation sites excluding steroid dienone is 2. The van der Waals surface area contributed by atoms with Crippen molar-refractivity contribution in [2.24, 2.45) is 11.8 Å². The van der Waals surface area contributed by atoms with Gasteiger partial charge in [0.2, 0.25) is 0 Å². The molecule has 0 bridgehead atoms. The highest BCUT2D eigenvalue weighted by Gasteiger charge is 2.24. The quantitative estimate of drug-likeness (QED) is 0.0359. The van der Waals surface area contributed by atoms with Crippen LogP contribution in [0.25, 0.3) is 0 Å². The van der Waals surface area contributed by atoms with Gasteiger partial charge in [-0.15, -0.1) is 0 Å². The molecule has 0 spiro atoms. The van der Waals surface area contributed by atoms with E-state index in [1.165, 1.54) is 225 Å². The van der Waals surface area contributed by atoms with E-state index in [9.17, 15) is 4.79 Å². The smallest absolute Gasteiger partial charge is 0.308 e. The van der Waals surface area contributed by atoms with Crippen LogP contribution in [0.2, 0.25) is 0 Å². The summed E-state index contributed by atoms with van der Waals surface area (Å²) in [5.41, 5.74) is 0. The van der Waals surface area contributed by atoms with E-state index in [1.807, 2.05) is 0 Å². The van der Waals surface area contributed by atoms with Crippen molar-refractivity contribution in [1.82, 2.24) is 0 Å². The number of hydrogen-bond donors (Lipinski definition) is 0. The molecule has 2 unspecified atom stereocenters. The minimum absolute atomic E-state index is 0.111. The van der Waals surface area contributed by atoms with Gasteiger partial charge in [0.15, 0.2) is 0 Å². The van der Waals surface area contributed by atoms with Crippen molar-refractivity contribution in [3.8, 4) is 0 Å². The molecule has 0 aliphatic rings. The molecular formula is C48H94O2. The highest BCUT2D eigenvalue weighted by molar-refractivity contribution is 5.72. The Morgan fingerprint density at radius 3 is 1.12 bits per heavy atom. The first-order valence-corrected chi connectivity index (χ1v) is 23.5. The highest BCUT2D eigenvalue weighted by Crippen LogP contribution is 2.29. The predicted octanol–water partition coefficient (Wildman–Crippen LogP) is 17.2. The van der Waals surface area contributed by atoms with Gasteiger partial charge in [-0.05, 0) is 50.9 Å². The molecule has 0 radical (unpaired) electrons. The summed E-state index contributed by atoms with van der Waals surface area (Å²) in [6.07, 6.45) is 55.0. The molecule has 0 amide bonds. The average molecular weight is 703 g/mol. The highest BCUT2D eigenvalue weighted by atomic mass is 16.5. The first-order valence-electron chi connectivity index (χ1n) is 23.5. The van der Waals surface area contributed by atoms with Crippen molar-refractivity contribution >= 4 is 5.97 Å². The molecule has 0 saturated heterocycles. The van der Waals surface area contributed by atoms with Gasteiger partial charge < -0.3 is 4.74 Å². The Kier molecular flexibility index (Phi) is 41.9. The minimum atomic E-state index is 0.111. The van der Waals surface area contributed by atoms with Crippen molar-refractivity contribution < 1.29 is 9.53 Å². The number of unbranched alkanes of at least 4 members (excludes halogenated alkanes) is 29. The van der Waals surface area contributed by atoms with Gasteiger partial charge >= 0.3 is 5.97 Å². The number of rotatable bonds is 42. The molecule has 0 aliphatic carbocycles. The Morgan fingerprint density at radius 2 is 0.720 bits per heavy atom. The van der Waals surface area contributed by atoms with Crippen molar-refractivity contribution in [1.29, 1.82) is 0 Å². The predicted molar refractivity (Wildman–Crippen MR) is 225 cm³/mol. The zero-order valence-electron chi connectivity index (χ0n) is 35.2. The molecule has 0 aromatic rings. The fraction of sp³-hybridized carbons (Fsp3) is 0.938. The molecule has 0 N–H and O–H groups in total. The number of ether oxygens (including phenoxy) is 1. The molecule has 0 saturated carbocycles. The SMILES string of the molecule is CCCCCCCC/C=C\CCCCCCC(CC(CCCCCCCC)CCCCCCCCCC)C(=O)OCCCCCCCCCC. The third kappa shape index (κ3) is 37.0. The van der Waals surface area contributed by atoms with Crippen LogP contribution in [0.15, 0.2) is 12.2 Å². The molecule has 0 heterocycles. The van der Waals surface area contributed by atoms with Gasteiger partial charge in [-0.25, -0.2) is 0 Å². The fourth-order valence-electron chi connectivity index (χ4n) is 7.71. The second kappa shape index (κ2) is 42.6. The Balaban J connectivity index is 4.82. The van der Waals surface area contributed by atoms with Crippen LogP contribution >= 0.6 is 0 Å². The largest absolute Gasteiger partial charge is 0.465 e. The molecule has 2 nitrogen and oxygen atoms in total. The fourth-order valence-corrected chi connectivity index (χ4v) is 7.71. The van der Waals surface area contributed by atoms with Crippen LogP contribution < -0.4 is 0 Å². The average Bonchev–Trinajstić information content (AvgIpc) is 3.12. The summed E-state index contributed by atoms with van der Waals surface area (Å²) in [6, 6.07) is 0. The molecule has 0 rings (SSSR count). The number of hydrogen-bond acceptors (Lipinski definition) is 2. The van der Waals surface area contributed by atoms with Crippen molar-refractivity contribution in [3.05, 3.63) is 12.2 Å². The lowest BCUT2D eigenvalue weighted by Gasteiger charge is -2.23. The van der Waals surface area contributed by atoms with Crippen LogP contribution in [0.5, 0.6) is 0 Å². The molecular weight excluding hydrogens is 609 g/mol. The molecule has 2 heteroatoms. The van der Waals surface area contributed by atoms with Crippen molar-refractivity contribution in [2.45, 2.75) is 272 Å². The standard InChI is InChI=1S/C48H94O2/c1-5-9-13-17-21-24-25-26-27-28-29-31-35-39-43-47(48(49)50-44-40-36-32-23-19-15-11-7-3)45-46(41-37-33-20-16-12-8-4)42-38-34-30-22-18-14-10-6-2/h26-27,46-47H,5-25,28-45H2,1-4H3/b27-26-. The van der Waals surface area contributed by atoms with Gasteiger partial charge in [-0.3, -0.25) is 4.79 Å². The summed E-state index contributed by atoms with van der Waals surface area (Å²) < 4.78 is 6.03. The van der Waals surface area contributed by atoms with Crippen LogP contribution in [0, 0.1) is 11.8 Å². The summed E-state index contributed by atoms with van der Waals surface area (Å²) in [5, 5.41) is 0. The Labute approximate surface area is 316 Å². The van der Waals surface area contributed by atoms with Crippen LogP contribution in [0.3, 0.4) is 0 Å². The Morgan fingerprint density at radius 1 is 0.400 bits per heavy atom. The van der Waals surface area contributed by atoms with E-state index in [0.29, 0.717) is 12.5 Å². The maximum absolute atomic E-state index is 13.6. The van der Waals surface area contributed by atoms with Gasteiger partial charge in [-0.1, -0.05) is 239 Å².